The Morgan fingerprint density at radius 1 is 1.03 bits per heavy atom. The summed E-state index contributed by atoms with van der Waals surface area (Å²) < 4.78 is 7.20. The summed E-state index contributed by atoms with van der Waals surface area (Å²) in [7, 11) is 0. The maximum absolute atomic E-state index is 11.7. The number of benzene rings is 2. The van der Waals surface area contributed by atoms with E-state index in [1.165, 1.54) is 0 Å². The van der Waals surface area contributed by atoms with E-state index in [9.17, 15) is 4.79 Å². The summed E-state index contributed by atoms with van der Waals surface area (Å²) in [5.74, 6) is 1.81. The standard InChI is InChI=1S/C23H19N3O2S/c27-17-10-7-15(14-17)19-4-3-13-24-22(19)28-18-11-8-16(9-12-18)25-23-26-20-5-1-2-6-21(20)29-23/h1-6,8-9,11-13,15H,7,10,14H2,(H,25,26). The molecule has 0 amide bonds. The number of rotatable bonds is 5. The van der Waals surface area contributed by atoms with Crippen LogP contribution in [0.1, 0.15) is 30.7 Å². The van der Waals surface area contributed by atoms with E-state index < -0.39 is 0 Å². The number of fused-ring (bicyclic) bond motifs is 1. The molecule has 5 rings (SSSR count). The van der Waals surface area contributed by atoms with E-state index in [1.807, 2.05) is 54.6 Å². The Kier molecular flexibility index (Phi) is 4.69. The second kappa shape index (κ2) is 7.64. The first kappa shape index (κ1) is 17.8. The number of carbonyl (C=O) groups excluding carboxylic acids is 1. The molecule has 1 atom stereocenters. The Morgan fingerprint density at radius 2 is 1.90 bits per heavy atom. The number of nitrogens with one attached hydrogen (secondary N) is 1. The summed E-state index contributed by atoms with van der Waals surface area (Å²) >= 11 is 1.62. The fraction of sp³-hybridized carbons (Fsp3) is 0.174. The van der Waals surface area contributed by atoms with Crippen molar-refractivity contribution < 1.29 is 9.53 Å². The molecule has 1 unspecified atom stereocenters. The number of aromatic nitrogens is 2. The van der Waals surface area contributed by atoms with Gasteiger partial charge in [-0.2, -0.15) is 0 Å². The molecule has 0 spiro atoms. The highest BCUT2D eigenvalue weighted by atomic mass is 32.1. The van der Waals surface area contributed by atoms with Crippen molar-refractivity contribution in [2.24, 2.45) is 0 Å². The molecule has 4 aromatic rings. The van der Waals surface area contributed by atoms with Crippen LogP contribution in [0.15, 0.2) is 66.9 Å². The number of ketones is 1. The SMILES string of the molecule is O=C1CCC(c2cccnc2Oc2ccc(Nc3nc4ccccc4s3)cc2)C1. The van der Waals surface area contributed by atoms with E-state index >= 15 is 0 Å². The van der Waals surface area contributed by atoms with Crippen LogP contribution in [0.4, 0.5) is 10.8 Å². The van der Waals surface area contributed by atoms with Crippen LogP contribution in [-0.2, 0) is 4.79 Å². The van der Waals surface area contributed by atoms with Crippen molar-refractivity contribution in [3.63, 3.8) is 0 Å². The number of para-hydroxylation sites is 1. The Balaban J connectivity index is 1.31. The van der Waals surface area contributed by atoms with Crippen LogP contribution in [0, 0.1) is 0 Å². The normalized spacial score (nSPS) is 16.3. The molecule has 0 aliphatic heterocycles. The molecule has 0 saturated heterocycles. The number of nitrogens with zero attached hydrogens (tertiary/aromatic N) is 2. The van der Waals surface area contributed by atoms with Crippen LogP contribution in [0.5, 0.6) is 11.6 Å². The van der Waals surface area contributed by atoms with Gasteiger partial charge in [-0.25, -0.2) is 9.97 Å². The van der Waals surface area contributed by atoms with Gasteiger partial charge < -0.3 is 10.1 Å². The molecule has 6 heteroatoms. The van der Waals surface area contributed by atoms with E-state index in [1.54, 1.807) is 17.5 Å². The third-order valence-corrected chi connectivity index (χ3v) is 6.05. The summed E-state index contributed by atoms with van der Waals surface area (Å²) in [6.45, 7) is 0. The Bertz CT molecular complexity index is 1140. The first-order chi connectivity index (χ1) is 14.2. The maximum atomic E-state index is 11.7. The van der Waals surface area contributed by atoms with Gasteiger partial charge in [0.1, 0.15) is 11.5 Å². The molecule has 1 aliphatic carbocycles. The third-order valence-electron chi connectivity index (χ3n) is 5.10. The van der Waals surface area contributed by atoms with Gasteiger partial charge in [0.25, 0.3) is 0 Å². The van der Waals surface area contributed by atoms with Crippen molar-refractivity contribution in [2.45, 2.75) is 25.2 Å². The van der Waals surface area contributed by atoms with Crippen molar-refractivity contribution >= 4 is 38.2 Å². The molecule has 0 radical (unpaired) electrons. The van der Waals surface area contributed by atoms with E-state index in [-0.39, 0.29) is 5.92 Å². The third kappa shape index (κ3) is 3.84. The largest absolute Gasteiger partial charge is 0.439 e. The predicted molar refractivity (Wildman–Crippen MR) is 115 cm³/mol. The quantitative estimate of drug-likeness (QED) is 0.440. The monoisotopic (exact) mass is 401 g/mol. The second-order valence-electron chi connectivity index (χ2n) is 7.11. The summed E-state index contributed by atoms with van der Waals surface area (Å²) in [6.07, 6.45) is 3.81. The highest BCUT2D eigenvalue weighted by Gasteiger charge is 2.26. The molecule has 2 heterocycles. The Labute approximate surface area is 172 Å². The molecular weight excluding hydrogens is 382 g/mol. The molecule has 1 saturated carbocycles. The molecule has 0 bridgehead atoms. The highest BCUT2D eigenvalue weighted by molar-refractivity contribution is 7.22. The van der Waals surface area contributed by atoms with E-state index in [4.69, 9.17) is 4.74 Å². The Morgan fingerprint density at radius 3 is 2.69 bits per heavy atom. The number of thiazole rings is 1. The zero-order valence-electron chi connectivity index (χ0n) is 15.7. The zero-order valence-corrected chi connectivity index (χ0v) is 16.5. The summed E-state index contributed by atoms with van der Waals surface area (Å²) in [6, 6.07) is 19.7. The average Bonchev–Trinajstić information content (AvgIpc) is 3.35. The smallest absolute Gasteiger partial charge is 0.222 e. The highest BCUT2D eigenvalue weighted by Crippen LogP contribution is 2.37. The minimum absolute atomic E-state index is 0.200. The van der Waals surface area contributed by atoms with Gasteiger partial charge in [-0.3, -0.25) is 4.79 Å². The average molecular weight is 401 g/mol. The molecule has 144 valence electrons. The van der Waals surface area contributed by atoms with Gasteiger partial charge >= 0.3 is 0 Å². The van der Waals surface area contributed by atoms with Crippen LogP contribution < -0.4 is 10.1 Å². The minimum Gasteiger partial charge on any atom is -0.439 e. The molecular formula is C23H19N3O2S. The summed E-state index contributed by atoms with van der Waals surface area (Å²) in [5, 5.41) is 4.20. The van der Waals surface area contributed by atoms with Crippen molar-refractivity contribution in [1.29, 1.82) is 0 Å². The van der Waals surface area contributed by atoms with Gasteiger partial charge in [-0.1, -0.05) is 29.5 Å². The zero-order chi connectivity index (χ0) is 19.6. The van der Waals surface area contributed by atoms with E-state index in [0.29, 0.717) is 30.3 Å². The first-order valence-corrected chi connectivity index (χ1v) is 10.4. The second-order valence-corrected chi connectivity index (χ2v) is 8.15. The minimum atomic E-state index is 0.200. The lowest BCUT2D eigenvalue weighted by atomic mass is 9.99. The van der Waals surface area contributed by atoms with Crippen LogP contribution in [0.3, 0.4) is 0 Å². The van der Waals surface area contributed by atoms with Gasteiger partial charge in [0.2, 0.25) is 5.88 Å². The predicted octanol–water partition coefficient (Wildman–Crippen LogP) is 6.06. The number of anilines is 2. The number of Topliss-reactive ketones (excluding diaryl/α,β-unsaturated/α-hetero) is 1. The number of hydrogen-bond acceptors (Lipinski definition) is 6. The lowest BCUT2D eigenvalue weighted by molar-refractivity contribution is -0.117. The van der Waals surface area contributed by atoms with Crippen molar-refractivity contribution in [3.05, 3.63) is 72.4 Å². The number of hydrogen-bond donors (Lipinski definition) is 1. The fourth-order valence-electron chi connectivity index (χ4n) is 3.65. The molecule has 2 aromatic heterocycles. The van der Waals surface area contributed by atoms with Crippen LogP contribution in [0.25, 0.3) is 10.2 Å². The van der Waals surface area contributed by atoms with Gasteiger partial charge in [0, 0.05) is 30.3 Å². The summed E-state index contributed by atoms with van der Waals surface area (Å²) in [5.41, 5.74) is 2.95. The van der Waals surface area contributed by atoms with Gasteiger partial charge in [0.15, 0.2) is 5.13 Å². The first-order valence-electron chi connectivity index (χ1n) is 9.62. The van der Waals surface area contributed by atoms with Crippen molar-refractivity contribution in [3.8, 4) is 11.6 Å². The molecule has 2 aromatic carbocycles. The van der Waals surface area contributed by atoms with Gasteiger partial charge in [-0.15, -0.1) is 0 Å². The lowest BCUT2D eigenvalue weighted by Gasteiger charge is -2.14. The number of ether oxygens (including phenoxy) is 1. The lowest BCUT2D eigenvalue weighted by Crippen LogP contribution is -2.00. The van der Waals surface area contributed by atoms with Crippen molar-refractivity contribution in [2.75, 3.05) is 5.32 Å². The molecule has 1 aliphatic rings. The number of carbonyl (C=O) groups is 1. The van der Waals surface area contributed by atoms with Gasteiger partial charge in [-0.05, 0) is 54.8 Å². The van der Waals surface area contributed by atoms with Crippen LogP contribution >= 0.6 is 11.3 Å². The van der Waals surface area contributed by atoms with Crippen LogP contribution in [0.2, 0.25) is 0 Å². The molecule has 29 heavy (non-hydrogen) atoms. The van der Waals surface area contributed by atoms with E-state index in [0.717, 1.165) is 33.0 Å². The number of pyridine rings is 1. The maximum Gasteiger partial charge on any atom is 0.222 e. The fourth-order valence-corrected chi connectivity index (χ4v) is 4.53. The molecule has 1 fully saturated rings. The van der Waals surface area contributed by atoms with Crippen molar-refractivity contribution in [1.82, 2.24) is 9.97 Å². The molecule has 5 nitrogen and oxygen atoms in total. The topological polar surface area (TPSA) is 64.1 Å². The Hall–Kier alpha value is -3.25. The summed E-state index contributed by atoms with van der Waals surface area (Å²) in [4.78, 5) is 20.7. The van der Waals surface area contributed by atoms with Gasteiger partial charge in [0.05, 0.1) is 10.2 Å². The molecule has 1 N–H and O–H groups in total. The van der Waals surface area contributed by atoms with Crippen LogP contribution in [-0.4, -0.2) is 15.8 Å². The van der Waals surface area contributed by atoms with E-state index in [2.05, 4.69) is 21.4 Å².